The van der Waals surface area contributed by atoms with Crippen LogP contribution in [0, 0.1) is 0 Å². The van der Waals surface area contributed by atoms with Crippen LogP contribution in [0.15, 0.2) is 30.5 Å². The molecule has 0 spiro atoms. The number of benzene rings is 1. The fourth-order valence-corrected chi connectivity index (χ4v) is 2.05. The standard InChI is InChI=1S/C12H13N3/c1-15-7-9(8-15)12-6-13-10-4-2-3-5-11(10)14-12/h2-6,9H,7-8H2,1H3. The second-order valence-electron chi connectivity index (χ2n) is 4.20. The van der Waals surface area contributed by atoms with Gasteiger partial charge in [0.2, 0.25) is 0 Å². The Hall–Kier alpha value is -1.48. The minimum atomic E-state index is 0.576. The quantitative estimate of drug-likeness (QED) is 0.699. The van der Waals surface area contributed by atoms with Crippen molar-refractivity contribution in [1.82, 2.24) is 14.9 Å². The third-order valence-corrected chi connectivity index (χ3v) is 2.95. The van der Waals surface area contributed by atoms with Crippen molar-refractivity contribution < 1.29 is 0 Å². The van der Waals surface area contributed by atoms with Gasteiger partial charge in [0.05, 0.1) is 16.7 Å². The van der Waals surface area contributed by atoms with Gasteiger partial charge in [0, 0.05) is 25.2 Å². The summed E-state index contributed by atoms with van der Waals surface area (Å²) in [6, 6.07) is 8.02. The van der Waals surface area contributed by atoms with E-state index < -0.39 is 0 Å². The first-order chi connectivity index (χ1) is 7.33. The van der Waals surface area contributed by atoms with Crippen LogP contribution in [-0.2, 0) is 0 Å². The highest BCUT2D eigenvalue weighted by molar-refractivity contribution is 5.73. The summed E-state index contributed by atoms with van der Waals surface area (Å²) in [4.78, 5) is 11.4. The number of aromatic nitrogens is 2. The maximum Gasteiger partial charge on any atom is 0.0890 e. The Kier molecular flexibility index (Phi) is 1.92. The molecule has 2 aromatic rings. The number of likely N-dealkylation sites (tertiary alicyclic amines) is 1. The summed E-state index contributed by atoms with van der Waals surface area (Å²) in [7, 11) is 2.13. The van der Waals surface area contributed by atoms with Gasteiger partial charge < -0.3 is 4.90 Å². The third-order valence-electron chi connectivity index (χ3n) is 2.95. The van der Waals surface area contributed by atoms with Crippen molar-refractivity contribution in [3.63, 3.8) is 0 Å². The molecule has 1 aliphatic rings. The highest BCUT2D eigenvalue weighted by Gasteiger charge is 2.26. The Labute approximate surface area is 88.8 Å². The molecule has 1 aromatic carbocycles. The third kappa shape index (κ3) is 1.49. The number of rotatable bonds is 1. The molecule has 15 heavy (non-hydrogen) atoms. The summed E-state index contributed by atoms with van der Waals surface area (Å²) < 4.78 is 0. The van der Waals surface area contributed by atoms with Gasteiger partial charge in [-0.2, -0.15) is 0 Å². The predicted molar refractivity (Wildman–Crippen MR) is 59.8 cm³/mol. The van der Waals surface area contributed by atoms with Crippen LogP contribution < -0.4 is 0 Å². The van der Waals surface area contributed by atoms with Crippen LogP contribution in [-0.4, -0.2) is 35.0 Å². The van der Waals surface area contributed by atoms with Crippen LogP contribution in [0.4, 0.5) is 0 Å². The Balaban J connectivity index is 1.99. The van der Waals surface area contributed by atoms with E-state index >= 15 is 0 Å². The number of para-hydroxylation sites is 2. The van der Waals surface area contributed by atoms with Crippen molar-refractivity contribution in [3.8, 4) is 0 Å². The maximum absolute atomic E-state index is 4.64. The molecule has 0 N–H and O–H groups in total. The molecule has 1 saturated heterocycles. The van der Waals surface area contributed by atoms with Crippen molar-refractivity contribution in [2.45, 2.75) is 5.92 Å². The summed E-state index contributed by atoms with van der Waals surface area (Å²) in [5.41, 5.74) is 3.12. The molecule has 0 atom stereocenters. The zero-order chi connectivity index (χ0) is 10.3. The van der Waals surface area contributed by atoms with Crippen molar-refractivity contribution in [2.75, 3.05) is 20.1 Å². The number of likely N-dealkylation sites (N-methyl/N-ethyl adjacent to an activating group) is 1. The van der Waals surface area contributed by atoms with Gasteiger partial charge >= 0.3 is 0 Å². The van der Waals surface area contributed by atoms with Crippen molar-refractivity contribution in [3.05, 3.63) is 36.2 Å². The van der Waals surface area contributed by atoms with Gasteiger partial charge in [-0.25, -0.2) is 4.98 Å². The second-order valence-corrected chi connectivity index (χ2v) is 4.20. The van der Waals surface area contributed by atoms with E-state index in [1.807, 2.05) is 30.5 Å². The summed E-state index contributed by atoms with van der Waals surface area (Å²) in [6.45, 7) is 2.21. The molecule has 1 aliphatic heterocycles. The molecular weight excluding hydrogens is 186 g/mol. The molecule has 0 aliphatic carbocycles. The number of nitrogens with zero attached hydrogens (tertiary/aromatic N) is 3. The summed E-state index contributed by atoms with van der Waals surface area (Å²) in [5, 5.41) is 0. The molecule has 1 fully saturated rings. The Morgan fingerprint density at radius 3 is 2.67 bits per heavy atom. The van der Waals surface area contributed by atoms with Gasteiger partial charge in [0.1, 0.15) is 0 Å². The molecule has 0 radical (unpaired) electrons. The van der Waals surface area contributed by atoms with Crippen molar-refractivity contribution in [2.24, 2.45) is 0 Å². The minimum absolute atomic E-state index is 0.576. The zero-order valence-electron chi connectivity index (χ0n) is 8.72. The molecular formula is C12H13N3. The molecule has 0 bridgehead atoms. The highest BCUT2D eigenvalue weighted by Crippen LogP contribution is 2.24. The molecule has 3 rings (SSSR count). The van der Waals surface area contributed by atoms with Gasteiger partial charge in [-0.1, -0.05) is 12.1 Å². The van der Waals surface area contributed by atoms with Gasteiger partial charge in [-0.05, 0) is 19.2 Å². The van der Waals surface area contributed by atoms with Crippen LogP contribution in [0.3, 0.4) is 0 Å². The lowest BCUT2D eigenvalue weighted by Gasteiger charge is -2.35. The zero-order valence-corrected chi connectivity index (χ0v) is 8.72. The van der Waals surface area contributed by atoms with E-state index in [9.17, 15) is 0 Å². The smallest absolute Gasteiger partial charge is 0.0890 e. The van der Waals surface area contributed by atoms with Crippen LogP contribution in [0.1, 0.15) is 11.6 Å². The average Bonchev–Trinajstić information content (AvgIpc) is 2.24. The summed E-state index contributed by atoms with van der Waals surface area (Å²) in [5.74, 6) is 0.576. The maximum atomic E-state index is 4.64. The number of fused-ring (bicyclic) bond motifs is 1. The van der Waals surface area contributed by atoms with Gasteiger partial charge in [-0.15, -0.1) is 0 Å². The predicted octanol–water partition coefficient (Wildman–Crippen LogP) is 1.66. The fraction of sp³-hybridized carbons (Fsp3) is 0.333. The molecule has 0 saturated carbocycles. The van der Waals surface area contributed by atoms with Gasteiger partial charge in [0.15, 0.2) is 0 Å². The first-order valence-corrected chi connectivity index (χ1v) is 5.23. The van der Waals surface area contributed by atoms with Crippen LogP contribution in [0.2, 0.25) is 0 Å². The fourth-order valence-electron chi connectivity index (χ4n) is 2.05. The molecule has 0 unspecified atom stereocenters. The van der Waals surface area contributed by atoms with Crippen LogP contribution >= 0.6 is 0 Å². The highest BCUT2D eigenvalue weighted by atomic mass is 15.2. The van der Waals surface area contributed by atoms with Crippen LogP contribution in [0.25, 0.3) is 11.0 Å². The van der Waals surface area contributed by atoms with E-state index in [4.69, 9.17) is 0 Å². The SMILES string of the molecule is CN1CC(c2cnc3ccccc3n2)C1. The van der Waals surface area contributed by atoms with Gasteiger partial charge in [0.25, 0.3) is 0 Å². The van der Waals surface area contributed by atoms with E-state index in [0.29, 0.717) is 5.92 Å². The molecule has 2 heterocycles. The molecule has 76 valence electrons. The minimum Gasteiger partial charge on any atom is -0.305 e. The monoisotopic (exact) mass is 199 g/mol. The molecule has 3 heteroatoms. The lowest BCUT2D eigenvalue weighted by atomic mass is 9.97. The van der Waals surface area contributed by atoms with E-state index in [1.54, 1.807) is 0 Å². The first kappa shape index (κ1) is 8.80. The van der Waals surface area contributed by atoms with Crippen molar-refractivity contribution >= 4 is 11.0 Å². The average molecular weight is 199 g/mol. The first-order valence-electron chi connectivity index (χ1n) is 5.23. The molecule has 1 aromatic heterocycles. The van der Waals surface area contributed by atoms with E-state index in [0.717, 1.165) is 29.8 Å². The summed E-state index contributed by atoms with van der Waals surface area (Å²) in [6.07, 6.45) is 1.92. The molecule has 3 nitrogen and oxygen atoms in total. The summed E-state index contributed by atoms with van der Waals surface area (Å²) >= 11 is 0. The Bertz CT molecular complexity index is 489. The van der Waals surface area contributed by atoms with E-state index in [1.165, 1.54) is 0 Å². The number of hydrogen-bond donors (Lipinski definition) is 0. The van der Waals surface area contributed by atoms with Crippen molar-refractivity contribution in [1.29, 1.82) is 0 Å². The van der Waals surface area contributed by atoms with Crippen LogP contribution in [0.5, 0.6) is 0 Å². The van der Waals surface area contributed by atoms with E-state index in [-0.39, 0.29) is 0 Å². The van der Waals surface area contributed by atoms with E-state index in [2.05, 4.69) is 21.9 Å². The lowest BCUT2D eigenvalue weighted by Crippen LogP contribution is -2.42. The van der Waals surface area contributed by atoms with Gasteiger partial charge in [-0.3, -0.25) is 4.98 Å². The topological polar surface area (TPSA) is 29.0 Å². The lowest BCUT2D eigenvalue weighted by molar-refractivity contribution is 0.186. The Morgan fingerprint density at radius 2 is 1.93 bits per heavy atom. The largest absolute Gasteiger partial charge is 0.305 e. The number of hydrogen-bond acceptors (Lipinski definition) is 3. The molecule has 0 amide bonds. The second kappa shape index (κ2) is 3.28. The Morgan fingerprint density at radius 1 is 1.20 bits per heavy atom. The normalized spacial score (nSPS) is 17.9.